The molecule has 0 aliphatic heterocycles. The maximum atomic E-state index is 11.5. The van der Waals surface area contributed by atoms with Crippen LogP contribution in [-0.2, 0) is 11.3 Å². The van der Waals surface area contributed by atoms with Crippen LogP contribution in [0.25, 0.3) is 11.0 Å². The van der Waals surface area contributed by atoms with Gasteiger partial charge in [-0.25, -0.2) is 4.79 Å². The van der Waals surface area contributed by atoms with E-state index < -0.39 is 5.97 Å². The number of nitrogens with one attached hydrogen (secondary N) is 1. The van der Waals surface area contributed by atoms with Gasteiger partial charge in [-0.3, -0.25) is 9.69 Å². The molecule has 0 saturated heterocycles. The van der Waals surface area contributed by atoms with E-state index in [-0.39, 0.29) is 24.6 Å². The Labute approximate surface area is 122 Å². The number of likely N-dealkylation sites (N-methyl/N-ethyl adjacent to an activating group) is 2. The molecule has 0 aliphatic rings. The summed E-state index contributed by atoms with van der Waals surface area (Å²) in [5.41, 5.74) is 0.699. The first-order valence-electron chi connectivity index (χ1n) is 6.71. The lowest BCUT2D eigenvalue weighted by atomic mass is 10.1. The molecule has 0 unspecified atom stereocenters. The highest BCUT2D eigenvalue weighted by atomic mass is 16.4. The predicted molar refractivity (Wildman–Crippen MR) is 78.2 cm³/mol. The molecule has 2 rings (SSSR count). The lowest BCUT2D eigenvalue weighted by molar-refractivity contribution is -0.121. The molecule has 0 fully saturated rings. The van der Waals surface area contributed by atoms with Gasteiger partial charge in [0.15, 0.2) is 0 Å². The van der Waals surface area contributed by atoms with Gasteiger partial charge in [0.25, 0.3) is 0 Å². The van der Waals surface area contributed by atoms with Crippen LogP contribution < -0.4 is 5.32 Å². The van der Waals surface area contributed by atoms with Crippen molar-refractivity contribution >= 4 is 22.8 Å². The van der Waals surface area contributed by atoms with E-state index in [1.807, 2.05) is 6.92 Å². The topological polar surface area (TPSA) is 82.8 Å². The zero-order valence-corrected chi connectivity index (χ0v) is 12.0. The second-order valence-electron chi connectivity index (χ2n) is 4.83. The number of aromatic carboxylic acids is 1. The SMILES string of the molecule is CCNC(=O)CN(C)Cc1oc2ccccc2c1C(=O)O. The van der Waals surface area contributed by atoms with Gasteiger partial charge in [-0.15, -0.1) is 0 Å². The third-order valence-corrected chi connectivity index (χ3v) is 3.08. The first-order valence-corrected chi connectivity index (χ1v) is 6.71. The number of para-hydroxylation sites is 1. The summed E-state index contributed by atoms with van der Waals surface area (Å²) < 4.78 is 5.62. The number of carboxylic acid groups (broad SMARTS) is 1. The van der Waals surface area contributed by atoms with Crippen LogP contribution in [0.5, 0.6) is 0 Å². The zero-order valence-electron chi connectivity index (χ0n) is 12.0. The van der Waals surface area contributed by atoms with Crippen molar-refractivity contribution in [2.45, 2.75) is 13.5 Å². The first-order chi connectivity index (χ1) is 10.0. The highest BCUT2D eigenvalue weighted by Crippen LogP contribution is 2.26. The number of rotatable bonds is 6. The van der Waals surface area contributed by atoms with Crippen molar-refractivity contribution in [3.63, 3.8) is 0 Å². The number of carbonyl (C=O) groups is 2. The molecule has 6 nitrogen and oxygen atoms in total. The first kappa shape index (κ1) is 15.1. The summed E-state index contributed by atoms with van der Waals surface area (Å²) in [6.07, 6.45) is 0. The van der Waals surface area contributed by atoms with Gasteiger partial charge in [-0.2, -0.15) is 0 Å². The molecule has 0 atom stereocenters. The van der Waals surface area contributed by atoms with Crippen LogP contribution in [0.4, 0.5) is 0 Å². The molecule has 1 aromatic carbocycles. The molecule has 0 saturated carbocycles. The van der Waals surface area contributed by atoms with Crippen LogP contribution in [0.3, 0.4) is 0 Å². The lowest BCUT2D eigenvalue weighted by Gasteiger charge is -2.14. The fraction of sp³-hybridized carbons (Fsp3) is 0.333. The van der Waals surface area contributed by atoms with Gasteiger partial charge in [0.05, 0.1) is 13.1 Å². The Kier molecular flexibility index (Phi) is 4.59. The van der Waals surface area contributed by atoms with Crippen molar-refractivity contribution in [1.29, 1.82) is 0 Å². The maximum Gasteiger partial charge on any atom is 0.339 e. The van der Waals surface area contributed by atoms with Gasteiger partial charge in [-0.1, -0.05) is 18.2 Å². The molecule has 0 radical (unpaired) electrons. The summed E-state index contributed by atoms with van der Waals surface area (Å²) in [7, 11) is 1.74. The minimum atomic E-state index is -1.03. The average Bonchev–Trinajstić information content (AvgIpc) is 2.76. The van der Waals surface area contributed by atoms with Gasteiger partial charge >= 0.3 is 5.97 Å². The number of amides is 1. The molecule has 0 spiro atoms. The van der Waals surface area contributed by atoms with Crippen LogP contribution >= 0.6 is 0 Å². The average molecular weight is 290 g/mol. The van der Waals surface area contributed by atoms with Crippen molar-refractivity contribution in [3.8, 4) is 0 Å². The van der Waals surface area contributed by atoms with E-state index in [0.29, 0.717) is 23.3 Å². The Morgan fingerprint density at radius 3 is 2.71 bits per heavy atom. The summed E-state index contributed by atoms with van der Waals surface area (Å²) >= 11 is 0. The quantitative estimate of drug-likeness (QED) is 0.846. The van der Waals surface area contributed by atoms with Gasteiger partial charge in [0, 0.05) is 11.9 Å². The lowest BCUT2D eigenvalue weighted by Crippen LogP contribution is -2.34. The molecule has 6 heteroatoms. The summed E-state index contributed by atoms with van der Waals surface area (Å²) in [6, 6.07) is 7.01. The highest BCUT2D eigenvalue weighted by Gasteiger charge is 2.21. The molecule has 1 amide bonds. The van der Waals surface area contributed by atoms with Crippen molar-refractivity contribution in [2.24, 2.45) is 0 Å². The van der Waals surface area contributed by atoms with Crippen LogP contribution in [0.1, 0.15) is 23.0 Å². The van der Waals surface area contributed by atoms with Gasteiger partial charge < -0.3 is 14.8 Å². The Balaban J connectivity index is 2.23. The zero-order chi connectivity index (χ0) is 15.4. The fourth-order valence-corrected chi connectivity index (χ4v) is 2.24. The molecule has 2 N–H and O–H groups in total. The van der Waals surface area contributed by atoms with Gasteiger partial charge in [0.2, 0.25) is 5.91 Å². The Hall–Kier alpha value is -2.34. The van der Waals surface area contributed by atoms with E-state index in [9.17, 15) is 14.7 Å². The Morgan fingerprint density at radius 1 is 1.33 bits per heavy atom. The number of nitrogens with zero attached hydrogens (tertiary/aromatic N) is 1. The monoisotopic (exact) mass is 290 g/mol. The summed E-state index contributed by atoms with van der Waals surface area (Å²) in [6.45, 7) is 2.86. The minimum absolute atomic E-state index is 0.104. The Morgan fingerprint density at radius 2 is 2.05 bits per heavy atom. The molecule has 1 aromatic heterocycles. The number of hydrogen-bond acceptors (Lipinski definition) is 4. The smallest absolute Gasteiger partial charge is 0.339 e. The van der Waals surface area contributed by atoms with Crippen molar-refractivity contribution in [2.75, 3.05) is 20.1 Å². The molecule has 112 valence electrons. The van der Waals surface area contributed by atoms with E-state index in [0.717, 1.165) is 0 Å². The normalized spacial score (nSPS) is 11.0. The standard InChI is InChI=1S/C15H18N2O4/c1-3-16-13(18)9-17(2)8-12-14(15(19)20)10-6-4-5-7-11(10)21-12/h4-7H,3,8-9H2,1-2H3,(H,16,18)(H,19,20). The largest absolute Gasteiger partial charge is 0.478 e. The highest BCUT2D eigenvalue weighted by molar-refractivity contribution is 6.03. The van der Waals surface area contributed by atoms with Gasteiger partial charge in [0.1, 0.15) is 16.9 Å². The van der Waals surface area contributed by atoms with E-state index in [4.69, 9.17) is 4.42 Å². The number of benzene rings is 1. The number of furan rings is 1. The maximum absolute atomic E-state index is 11.5. The molecular weight excluding hydrogens is 272 g/mol. The van der Waals surface area contributed by atoms with Crippen LogP contribution in [0.2, 0.25) is 0 Å². The summed E-state index contributed by atoms with van der Waals surface area (Å²) in [4.78, 5) is 24.7. The fourth-order valence-electron chi connectivity index (χ4n) is 2.24. The number of hydrogen-bond donors (Lipinski definition) is 2. The van der Waals surface area contributed by atoms with E-state index in [1.165, 1.54) is 0 Å². The van der Waals surface area contributed by atoms with Crippen LogP contribution in [0.15, 0.2) is 28.7 Å². The summed E-state index contributed by atoms with van der Waals surface area (Å²) in [5, 5.41) is 12.6. The summed E-state index contributed by atoms with van der Waals surface area (Å²) in [5.74, 6) is -0.773. The van der Waals surface area contributed by atoms with E-state index >= 15 is 0 Å². The second kappa shape index (κ2) is 6.41. The molecule has 2 aromatic rings. The molecule has 0 aliphatic carbocycles. The number of carboxylic acids is 1. The van der Waals surface area contributed by atoms with Crippen LogP contribution in [0, 0.1) is 0 Å². The third-order valence-electron chi connectivity index (χ3n) is 3.08. The van der Waals surface area contributed by atoms with Crippen molar-refractivity contribution in [1.82, 2.24) is 10.2 Å². The number of fused-ring (bicyclic) bond motifs is 1. The molecule has 0 bridgehead atoms. The molecular formula is C15H18N2O4. The van der Waals surface area contributed by atoms with Crippen molar-refractivity contribution in [3.05, 3.63) is 35.6 Å². The third kappa shape index (κ3) is 3.41. The Bertz CT molecular complexity index is 663. The predicted octanol–water partition coefficient (Wildman–Crippen LogP) is 1.70. The van der Waals surface area contributed by atoms with E-state index in [2.05, 4.69) is 5.32 Å². The van der Waals surface area contributed by atoms with Crippen molar-refractivity contribution < 1.29 is 19.1 Å². The number of carbonyl (C=O) groups excluding carboxylic acids is 1. The minimum Gasteiger partial charge on any atom is -0.478 e. The van der Waals surface area contributed by atoms with Crippen LogP contribution in [-0.4, -0.2) is 42.0 Å². The van der Waals surface area contributed by atoms with Gasteiger partial charge in [-0.05, 0) is 20.0 Å². The molecule has 21 heavy (non-hydrogen) atoms. The second-order valence-corrected chi connectivity index (χ2v) is 4.83. The van der Waals surface area contributed by atoms with E-state index in [1.54, 1.807) is 36.2 Å². The molecule has 1 heterocycles.